The monoisotopic (exact) mass is 382 g/mol. The first-order valence-corrected chi connectivity index (χ1v) is 9.38. The minimum Gasteiger partial charge on any atom is -0.483 e. The van der Waals surface area contributed by atoms with E-state index in [0.717, 1.165) is 33.8 Å². The van der Waals surface area contributed by atoms with E-state index < -0.39 is 11.1 Å². The molecule has 0 saturated carbocycles. The lowest BCUT2D eigenvalue weighted by atomic mass is 9.73. The lowest BCUT2D eigenvalue weighted by Gasteiger charge is -2.37. The molecule has 1 spiro atoms. The zero-order chi connectivity index (χ0) is 16.1. The summed E-state index contributed by atoms with van der Waals surface area (Å²) in [5, 5.41) is 0.743. The molecule has 1 unspecified atom stereocenters. The van der Waals surface area contributed by atoms with Crippen LogP contribution in [0.1, 0.15) is 32.3 Å². The van der Waals surface area contributed by atoms with Gasteiger partial charge in [0.25, 0.3) is 5.91 Å². The Morgan fingerprint density at radius 1 is 1.36 bits per heavy atom. The van der Waals surface area contributed by atoms with Gasteiger partial charge in [-0.3, -0.25) is 9.69 Å². The van der Waals surface area contributed by atoms with Crippen molar-refractivity contribution in [1.29, 1.82) is 0 Å². The van der Waals surface area contributed by atoms with Crippen LogP contribution in [0.15, 0.2) is 27.7 Å². The Kier molecular flexibility index (Phi) is 3.80. The normalized spacial score (nSPS) is 25.4. The molecule has 1 amide bonds. The number of likely N-dealkylation sites (N-methyl/N-ethyl adjacent to an activating group) is 1. The van der Waals surface area contributed by atoms with E-state index in [2.05, 4.69) is 29.8 Å². The molecule has 118 valence electrons. The first kappa shape index (κ1) is 15.9. The molecule has 4 nitrogen and oxygen atoms in total. The molecule has 0 aromatic heterocycles. The van der Waals surface area contributed by atoms with Gasteiger partial charge in [0.05, 0.1) is 0 Å². The summed E-state index contributed by atoms with van der Waals surface area (Å²) in [5.41, 5.74) is -0.728. The number of carbonyl (C=O) groups is 1. The van der Waals surface area contributed by atoms with Gasteiger partial charge in [-0.2, -0.15) is 0 Å². The van der Waals surface area contributed by atoms with Gasteiger partial charge in [-0.25, -0.2) is 4.99 Å². The second-order valence-corrected chi connectivity index (χ2v) is 7.31. The van der Waals surface area contributed by atoms with Crippen LogP contribution >= 0.6 is 27.7 Å². The van der Waals surface area contributed by atoms with Crippen molar-refractivity contribution in [2.45, 2.75) is 37.8 Å². The molecule has 3 rings (SSSR count). The van der Waals surface area contributed by atoms with Gasteiger partial charge in [0.1, 0.15) is 11.4 Å². The molecule has 0 radical (unpaired) electrons. The van der Waals surface area contributed by atoms with Gasteiger partial charge in [0.15, 0.2) is 5.17 Å². The Hall–Kier alpha value is -1.01. The van der Waals surface area contributed by atoms with Crippen LogP contribution in [0.3, 0.4) is 0 Å². The summed E-state index contributed by atoms with van der Waals surface area (Å²) in [6.07, 6.45) is 3.39. The highest BCUT2D eigenvalue weighted by Gasteiger charge is 2.67. The first-order chi connectivity index (χ1) is 10.5. The fourth-order valence-electron chi connectivity index (χ4n) is 3.56. The number of carbonyl (C=O) groups excluding carboxylic acids is 1. The number of rotatable bonds is 2. The smallest absolute Gasteiger partial charge is 0.265 e. The maximum absolute atomic E-state index is 13.2. The SMILES string of the molecule is CCC1(CC)Oc2ccc(Br)cc2C12N=C(SC)N(C)C2=O. The number of ether oxygens (including phenoxy) is 1. The molecular formula is C16H19BrN2O2S. The van der Waals surface area contributed by atoms with Crippen molar-refractivity contribution in [3.05, 3.63) is 28.2 Å². The van der Waals surface area contributed by atoms with E-state index in [1.807, 2.05) is 24.5 Å². The lowest BCUT2D eigenvalue weighted by Crippen LogP contribution is -2.55. The van der Waals surface area contributed by atoms with Gasteiger partial charge in [-0.1, -0.05) is 41.5 Å². The summed E-state index contributed by atoms with van der Waals surface area (Å²) in [6, 6.07) is 5.84. The maximum Gasteiger partial charge on any atom is 0.265 e. The van der Waals surface area contributed by atoms with Gasteiger partial charge in [0.2, 0.25) is 5.54 Å². The summed E-state index contributed by atoms with van der Waals surface area (Å²) in [6.45, 7) is 4.12. The van der Waals surface area contributed by atoms with Gasteiger partial charge in [-0.15, -0.1) is 0 Å². The zero-order valence-corrected chi connectivity index (χ0v) is 15.5. The first-order valence-electron chi connectivity index (χ1n) is 7.36. The predicted molar refractivity (Wildman–Crippen MR) is 93.5 cm³/mol. The van der Waals surface area contributed by atoms with Crippen LogP contribution < -0.4 is 4.74 Å². The summed E-state index contributed by atoms with van der Waals surface area (Å²) < 4.78 is 7.24. The Morgan fingerprint density at radius 3 is 2.59 bits per heavy atom. The summed E-state index contributed by atoms with van der Waals surface area (Å²) in [4.78, 5) is 19.8. The van der Waals surface area contributed by atoms with Crippen LogP contribution in [0.2, 0.25) is 0 Å². The molecule has 0 N–H and O–H groups in total. The Balaban J connectivity index is 2.33. The van der Waals surface area contributed by atoms with Crippen LogP contribution in [0.4, 0.5) is 0 Å². The highest BCUT2D eigenvalue weighted by Crippen LogP contribution is 2.57. The Bertz CT molecular complexity index is 672. The molecule has 1 atom stereocenters. The molecular weight excluding hydrogens is 364 g/mol. The third-order valence-electron chi connectivity index (χ3n) is 4.79. The average molecular weight is 383 g/mol. The van der Waals surface area contributed by atoms with E-state index in [4.69, 9.17) is 9.73 Å². The molecule has 1 aromatic carbocycles. The predicted octanol–water partition coefficient (Wildman–Crippen LogP) is 3.79. The number of halogens is 1. The van der Waals surface area contributed by atoms with Gasteiger partial charge >= 0.3 is 0 Å². The molecule has 0 bridgehead atoms. The second kappa shape index (κ2) is 5.27. The van der Waals surface area contributed by atoms with Crippen LogP contribution in [0, 0.1) is 0 Å². The molecule has 0 saturated heterocycles. The Labute approximate surface area is 143 Å². The van der Waals surface area contributed by atoms with Gasteiger partial charge in [0, 0.05) is 17.1 Å². The number of hydrogen-bond donors (Lipinski definition) is 0. The molecule has 2 aliphatic heterocycles. The number of amides is 1. The molecule has 0 fully saturated rings. The van der Waals surface area contributed by atoms with Crippen LogP contribution in [0.25, 0.3) is 0 Å². The number of thioether (sulfide) groups is 1. The molecule has 2 aliphatic rings. The van der Waals surface area contributed by atoms with E-state index in [-0.39, 0.29) is 5.91 Å². The van der Waals surface area contributed by atoms with E-state index >= 15 is 0 Å². The van der Waals surface area contributed by atoms with E-state index in [1.165, 1.54) is 11.8 Å². The van der Waals surface area contributed by atoms with Crippen molar-refractivity contribution >= 4 is 38.8 Å². The van der Waals surface area contributed by atoms with Crippen molar-refractivity contribution in [2.75, 3.05) is 13.3 Å². The van der Waals surface area contributed by atoms with Gasteiger partial charge in [-0.05, 0) is 37.3 Å². The maximum atomic E-state index is 13.2. The molecule has 22 heavy (non-hydrogen) atoms. The Morgan fingerprint density at radius 2 is 2.05 bits per heavy atom. The van der Waals surface area contributed by atoms with Crippen molar-refractivity contribution < 1.29 is 9.53 Å². The highest BCUT2D eigenvalue weighted by atomic mass is 79.9. The minimum absolute atomic E-state index is 0.00241. The summed E-state index contributed by atoms with van der Waals surface area (Å²) >= 11 is 5.00. The van der Waals surface area contributed by atoms with Crippen molar-refractivity contribution in [3.8, 4) is 5.75 Å². The van der Waals surface area contributed by atoms with Crippen LogP contribution in [-0.2, 0) is 10.3 Å². The molecule has 2 heterocycles. The fraction of sp³-hybridized carbons (Fsp3) is 0.500. The van der Waals surface area contributed by atoms with Gasteiger partial charge < -0.3 is 4.74 Å². The molecule has 6 heteroatoms. The van der Waals surface area contributed by atoms with Crippen LogP contribution in [-0.4, -0.2) is 34.9 Å². The third-order valence-corrected chi connectivity index (χ3v) is 6.01. The number of nitrogens with zero attached hydrogens (tertiary/aromatic N) is 2. The fourth-order valence-corrected chi connectivity index (χ4v) is 4.51. The number of hydrogen-bond acceptors (Lipinski definition) is 4. The second-order valence-electron chi connectivity index (χ2n) is 5.62. The number of amidine groups is 1. The van der Waals surface area contributed by atoms with Crippen molar-refractivity contribution in [2.24, 2.45) is 4.99 Å². The number of fused-ring (bicyclic) bond motifs is 2. The van der Waals surface area contributed by atoms with Crippen molar-refractivity contribution in [3.63, 3.8) is 0 Å². The zero-order valence-electron chi connectivity index (χ0n) is 13.1. The number of aliphatic imine (C=N–C) groups is 1. The molecule has 1 aromatic rings. The average Bonchev–Trinajstić information content (AvgIpc) is 2.95. The number of benzene rings is 1. The van der Waals surface area contributed by atoms with E-state index in [9.17, 15) is 4.79 Å². The largest absolute Gasteiger partial charge is 0.483 e. The topological polar surface area (TPSA) is 41.9 Å². The standard InChI is InChI=1S/C16H19BrN2O2S/c1-5-15(6-2)16(13(20)19(3)14(18-16)22-4)11-9-10(17)7-8-12(11)21-15/h7-9H,5-6H2,1-4H3. The quantitative estimate of drug-likeness (QED) is 0.781. The van der Waals surface area contributed by atoms with E-state index in [0.29, 0.717) is 0 Å². The highest BCUT2D eigenvalue weighted by molar-refractivity contribution is 9.10. The van der Waals surface area contributed by atoms with E-state index in [1.54, 1.807) is 11.9 Å². The summed E-state index contributed by atoms with van der Waals surface area (Å²) in [7, 11) is 1.79. The lowest BCUT2D eigenvalue weighted by molar-refractivity contribution is -0.137. The molecule has 0 aliphatic carbocycles. The minimum atomic E-state index is -0.970. The summed E-state index contributed by atoms with van der Waals surface area (Å²) in [5.74, 6) is 0.761. The third kappa shape index (κ3) is 1.77. The van der Waals surface area contributed by atoms with Crippen LogP contribution in [0.5, 0.6) is 5.75 Å². The van der Waals surface area contributed by atoms with Crippen molar-refractivity contribution in [1.82, 2.24) is 4.90 Å².